The fraction of sp³-hybridized carbons (Fsp3) is 0.238. The van der Waals surface area contributed by atoms with E-state index in [1.165, 1.54) is 29.2 Å². The molecule has 0 aromatic heterocycles. The number of benzene rings is 2. The first-order valence-corrected chi connectivity index (χ1v) is 9.51. The minimum Gasteiger partial charge on any atom is -0.507 e. The predicted molar refractivity (Wildman–Crippen MR) is 108 cm³/mol. The normalized spacial score (nSPS) is 18.3. The zero-order valence-electron chi connectivity index (χ0n) is 15.7. The Labute approximate surface area is 172 Å². The number of Topliss-reactive ketones (excluding diaryl/α,β-unsaturated/α-hetero) is 1. The minimum absolute atomic E-state index is 0.0396. The number of hydrogen-bond acceptors (Lipinski definition) is 5. The lowest BCUT2D eigenvalue weighted by atomic mass is 9.95. The van der Waals surface area contributed by atoms with E-state index in [1.807, 2.05) is 6.92 Å². The van der Waals surface area contributed by atoms with Crippen LogP contribution in [-0.2, 0) is 9.59 Å². The van der Waals surface area contributed by atoms with Crippen molar-refractivity contribution in [2.75, 3.05) is 6.54 Å². The molecule has 1 fully saturated rings. The molecule has 0 aliphatic carbocycles. The van der Waals surface area contributed by atoms with Gasteiger partial charge in [-0.05, 0) is 36.2 Å². The maximum Gasteiger partial charge on any atom is 0.295 e. The summed E-state index contributed by atoms with van der Waals surface area (Å²) < 4.78 is 0. The van der Waals surface area contributed by atoms with Gasteiger partial charge in [-0.15, -0.1) is 0 Å². The number of unbranched alkanes of at least 4 members (excludes halogenated alkanes) is 1. The van der Waals surface area contributed by atoms with Crippen LogP contribution in [-0.4, -0.2) is 33.2 Å². The first-order chi connectivity index (χ1) is 13.8. The number of nitrogens with zero attached hydrogens (tertiary/aromatic N) is 2. The summed E-state index contributed by atoms with van der Waals surface area (Å²) in [4.78, 5) is 37.2. The number of nitro benzene ring substituents is 1. The quantitative estimate of drug-likeness (QED) is 0.247. The molecule has 150 valence electrons. The number of halogens is 1. The zero-order valence-corrected chi connectivity index (χ0v) is 16.4. The van der Waals surface area contributed by atoms with Gasteiger partial charge in [-0.2, -0.15) is 0 Å². The van der Waals surface area contributed by atoms with Crippen LogP contribution in [0.4, 0.5) is 5.69 Å². The molecular weight excluding hydrogens is 396 g/mol. The SMILES string of the molecule is CCCCN1C(=O)C(=O)/C(=C(/O)c2ccc([N+](=O)[O-])cc2)[C@@H]1c1ccc(Cl)cc1. The molecule has 1 amide bonds. The van der Waals surface area contributed by atoms with Gasteiger partial charge in [-0.25, -0.2) is 0 Å². The Morgan fingerprint density at radius 2 is 1.76 bits per heavy atom. The molecule has 1 atom stereocenters. The van der Waals surface area contributed by atoms with Crippen molar-refractivity contribution in [3.63, 3.8) is 0 Å². The van der Waals surface area contributed by atoms with Gasteiger partial charge in [0, 0.05) is 29.3 Å². The molecule has 1 aliphatic rings. The summed E-state index contributed by atoms with van der Waals surface area (Å²) in [5.41, 5.74) is 0.692. The molecular formula is C21H19ClN2O5. The van der Waals surface area contributed by atoms with E-state index in [9.17, 15) is 24.8 Å². The van der Waals surface area contributed by atoms with Crippen LogP contribution in [0.2, 0.25) is 5.02 Å². The van der Waals surface area contributed by atoms with Crippen molar-refractivity contribution in [2.24, 2.45) is 0 Å². The number of hydrogen-bond donors (Lipinski definition) is 1. The summed E-state index contributed by atoms with van der Waals surface area (Å²) >= 11 is 5.97. The predicted octanol–water partition coefficient (Wildman–Crippen LogP) is 4.47. The monoisotopic (exact) mass is 414 g/mol. The topological polar surface area (TPSA) is 101 Å². The van der Waals surface area contributed by atoms with Crippen LogP contribution in [0.15, 0.2) is 54.1 Å². The van der Waals surface area contributed by atoms with E-state index in [0.717, 1.165) is 6.42 Å². The van der Waals surface area contributed by atoms with Crippen LogP contribution in [0.25, 0.3) is 5.76 Å². The lowest BCUT2D eigenvalue weighted by molar-refractivity contribution is -0.384. The average molecular weight is 415 g/mol. The molecule has 0 bridgehead atoms. The molecule has 8 heteroatoms. The van der Waals surface area contributed by atoms with E-state index in [2.05, 4.69) is 0 Å². The molecule has 29 heavy (non-hydrogen) atoms. The van der Waals surface area contributed by atoms with Crippen molar-refractivity contribution < 1.29 is 19.6 Å². The summed E-state index contributed by atoms with van der Waals surface area (Å²) in [6.45, 7) is 2.34. The summed E-state index contributed by atoms with van der Waals surface area (Å²) in [5, 5.41) is 22.2. The molecule has 1 N–H and O–H groups in total. The van der Waals surface area contributed by atoms with Gasteiger partial charge in [0.25, 0.3) is 17.4 Å². The summed E-state index contributed by atoms with van der Waals surface area (Å²) in [5.74, 6) is -1.82. The van der Waals surface area contributed by atoms with Crippen molar-refractivity contribution in [3.05, 3.63) is 80.4 Å². The number of carbonyl (C=O) groups is 2. The van der Waals surface area contributed by atoms with Crippen LogP contribution < -0.4 is 0 Å². The molecule has 3 rings (SSSR count). The third-order valence-corrected chi connectivity index (χ3v) is 5.08. The molecule has 1 aliphatic heterocycles. The standard InChI is InChI=1S/C21H19ClN2O5/c1-2-3-12-23-18(13-4-8-15(22)9-5-13)17(20(26)21(23)27)19(25)14-6-10-16(11-7-14)24(28)29/h4-11,18,25H,2-3,12H2,1H3/b19-17+/t18-/m0/s1. The van der Waals surface area contributed by atoms with E-state index in [4.69, 9.17) is 11.6 Å². The van der Waals surface area contributed by atoms with E-state index in [-0.39, 0.29) is 22.6 Å². The molecule has 0 spiro atoms. The van der Waals surface area contributed by atoms with Crippen molar-refractivity contribution >= 4 is 34.7 Å². The summed E-state index contributed by atoms with van der Waals surface area (Å²) in [6.07, 6.45) is 1.54. The van der Waals surface area contributed by atoms with Gasteiger partial charge in [0.1, 0.15) is 5.76 Å². The van der Waals surface area contributed by atoms with Gasteiger partial charge in [0.2, 0.25) is 0 Å². The Hall–Kier alpha value is -3.19. The van der Waals surface area contributed by atoms with Gasteiger partial charge >= 0.3 is 0 Å². The van der Waals surface area contributed by atoms with Gasteiger partial charge < -0.3 is 10.0 Å². The number of non-ortho nitro benzene ring substituents is 1. The largest absolute Gasteiger partial charge is 0.507 e. The Morgan fingerprint density at radius 1 is 1.14 bits per heavy atom. The maximum absolute atomic E-state index is 12.8. The number of carbonyl (C=O) groups excluding carboxylic acids is 2. The van der Waals surface area contributed by atoms with E-state index >= 15 is 0 Å². The first kappa shape index (κ1) is 20.5. The molecule has 2 aromatic carbocycles. The van der Waals surface area contributed by atoms with Crippen LogP contribution in [0, 0.1) is 10.1 Å². The van der Waals surface area contributed by atoms with Gasteiger partial charge in [0.15, 0.2) is 0 Å². The van der Waals surface area contributed by atoms with Crippen LogP contribution in [0.3, 0.4) is 0 Å². The molecule has 0 radical (unpaired) electrons. The molecule has 7 nitrogen and oxygen atoms in total. The average Bonchev–Trinajstić information content (AvgIpc) is 2.97. The molecule has 1 heterocycles. The maximum atomic E-state index is 12.8. The van der Waals surface area contributed by atoms with Crippen molar-refractivity contribution in [1.82, 2.24) is 4.90 Å². The number of ketones is 1. The Bertz CT molecular complexity index is 983. The highest BCUT2D eigenvalue weighted by Crippen LogP contribution is 2.39. The second kappa shape index (κ2) is 8.45. The number of aliphatic hydroxyl groups excluding tert-OH is 1. The van der Waals surface area contributed by atoms with Crippen LogP contribution >= 0.6 is 11.6 Å². The Balaban J connectivity index is 2.12. The van der Waals surface area contributed by atoms with Gasteiger partial charge in [-0.3, -0.25) is 19.7 Å². The first-order valence-electron chi connectivity index (χ1n) is 9.13. The van der Waals surface area contributed by atoms with Crippen LogP contribution in [0.5, 0.6) is 0 Å². The number of nitro groups is 1. The highest BCUT2D eigenvalue weighted by Gasteiger charge is 2.45. The third kappa shape index (κ3) is 4.00. The smallest absolute Gasteiger partial charge is 0.295 e. The second-order valence-electron chi connectivity index (χ2n) is 6.70. The van der Waals surface area contributed by atoms with Crippen molar-refractivity contribution in [1.29, 1.82) is 0 Å². The highest BCUT2D eigenvalue weighted by atomic mass is 35.5. The third-order valence-electron chi connectivity index (χ3n) is 4.83. The Kier molecular flexibility index (Phi) is 5.98. The lowest BCUT2D eigenvalue weighted by Crippen LogP contribution is -2.30. The van der Waals surface area contributed by atoms with E-state index in [0.29, 0.717) is 23.6 Å². The van der Waals surface area contributed by atoms with Crippen molar-refractivity contribution in [2.45, 2.75) is 25.8 Å². The zero-order chi connectivity index (χ0) is 21.1. The van der Waals surface area contributed by atoms with Crippen LogP contribution in [0.1, 0.15) is 36.9 Å². The molecule has 2 aromatic rings. The molecule has 0 unspecified atom stereocenters. The second-order valence-corrected chi connectivity index (χ2v) is 7.14. The van der Waals surface area contributed by atoms with Gasteiger partial charge in [0.05, 0.1) is 16.5 Å². The summed E-state index contributed by atoms with van der Waals surface area (Å²) in [6, 6.07) is 11.2. The van der Waals surface area contributed by atoms with Crippen molar-refractivity contribution in [3.8, 4) is 0 Å². The fourth-order valence-corrected chi connectivity index (χ4v) is 3.45. The molecule has 0 saturated carbocycles. The number of likely N-dealkylation sites (tertiary alicyclic amines) is 1. The van der Waals surface area contributed by atoms with Gasteiger partial charge in [-0.1, -0.05) is 37.1 Å². The van der Waals surface area contributed by atoms with E-state index in [1.54, 1.807) is 24.3 Å². The van der Waals surface area contributed by atoms with E-state index < -0.39 is 22.7 Å². The lowest BCUT2D eigenvalue weighted by Gasteiger charge is -2.25. The number of aliphatic hydroxyl groups is 1. The highest BCUT2D eigenvalue weighted by molar-refractivity contribution is 6.46. The minimum atomic E-state index is -0.781. The number of rotatable bonds is 6. The Morgan fingerprint density at radius 3 is 2.31 bits per heavy atom. The summed E-state index contributed by atoms with van der Waals surface area (Å²) in [7, 11) is 0. The number of amides is 1. The fourth-order valence-electron chi connectivity index (χ4n) is 3.33. The molecule has 1 saturated heterocycles.